The van der Waals surface area contributed by atoms with Gasteiger partial charge in [0.1, 0.15) is 11.9 Å². The minimum Gasteiger partial charge on any atom is -0.489 e. The van der Waals surface area contributed by atoms with Crippen LogP contribution in [-0.2, 0) is 16.1 Å². The molecule has 1 aromatic carbocycles. The van der Waals surface area contributed by atoms with Crippen LogP contribution in [0.2, 0.25) is 5.02 Å². The number of nitrogens with one attached hydrogen (secondary N) is 1. The molecule has 2 saturated heterocycles. The van der Waals surface area contributed by atoms with Crippen molar-refractivity contribution in [3.8, 4) is 16.9 Å². The summed E-state index contributed by atoms with van der Waals surface area (Å²) in [6, 6.07) is 7.90. The summed E-state index contributed by atoms with van der Waals surface area (Å²) in [5, 5.41) is 4.09. The molecule has 2 unspecified atom stereocenters. The summed E-state index contributed by atoms with van der Waals surface area (Å²) >= 11 is 8.10. The minimum atomic E-state index is -0.202. The minimum absolute atomic E-state index is 0.0436. The Morgan fingerprint density at radius 2 is 1.94 bits per heavy atom. The zero-order valence-electron chi connectivity index (χ0n) is 20.9. The van der Waals surface area contributed by atoms with E-state index < -0.39 is 0 Å². The number of nitrogens with zero attached hydrogens (tertiary/aromatic N) is 2. The van der Waals surface area contributed by atoms with Gasteiger partial charge in [-0.05, 0) is 55.1 Å². The summed E-state index contributed by atoms with van der Waals surface area (Å²) in [6.45, 7) is 10.4. The van der Waals surface area contributed by atoms with Crippen LogP contribution in [0.15, 0.2) is 30.5 Å². The van der Waals surface area contributed by atoms with Crippen molar-refractivity contribution in [3.05, 3.63) is 45.9 Å². The molecule has 3 aliphatic rings. The van der Waals surface area contributed by atoms with Gasteiger partial charge in [0.05, 0.1) is 28.6 Å². The maximum absolute atomic E-state index is 12.9. The number of imide groups is 1. The molecule has 6 rings (SSSR count). The number of pyridine rings is 1. The lowest BCUT2D eigenvalue weighted by molar-refractivity contribution is -0.143. The van der Waals surface area contributed by atoms with Crippen LogP contribution < -0.4 is 10.1 Å². The van der Waals surface area contributed by atoms with Crippen molar-refractivity contribution in [3.63, 3.8) is 0 Å². The fraction of sp³-hybridized carbons (Fsp3) is 0.464. The summed E-state index contributed by atoms with van der Waals surface area (Å²) < 4.78 is 7.66. The number of amides is 2. The molecule has 6 nitrogen and oxygen atoms in total. The standard InChI is InChI=1S/C28H30ClN3O3S/c1-14-9-16(29)10-19(24(14)35-21-6-7-30-12-15(21)2)18-5-8-31-20-11-17(36-25(18)20)13-32-26(33)22-23(27(32)34)28(22,3)4/h5,8-11,15,21-23,30H,6-7,12-13H2,1-4H3/t15-,21+,22?,23?/m0/s1. The average Bonchev–Trinajstić information content (AvgIpc) is 3.08. The molecule has 2 aromatic heterocycles. The van der Waals surface area contributed by atoms with Gasteiger partial charge < -0.3 is 10.1 Å². The van der Waals surface area contributed by atoms with Gasteiger partial charge in [0, 0.05) is 39.7 Å². The Kier molecular flexibility index (Phi) is 5.67. The maximum atomic E-state index is 12.9. The highest BCUT2D eigenvalue weighted by Gasteiger charge is 2.72. The molecule has 3 aromatic rings. The monoisotopic (exact) mass is 523 g/mol. The van der Waals surface area contributed by atoms with Crippen LogP contribution in [0.25, 0.3) is 21.3 Å². The van der Waals surface area contributed by atoms with Gasteiger partial charge in [0.25, 0.3) is 0 Å². The Hall–Kier alpha value is -2.48. The summed E-state index contributed by atoms with van der Waals surface area (Å²) in [7, 11) is 0. The van der Waals surface area contributed by atoms with Gasteiger partial charge in [-0.15, -0.1) is 11.3 Å². The highest BCUT2D eigenvalue weighted by molar-refractivity contribution is 7.19. The topological polar surface area (TPSA) is 71.5 Å². The lowest BCUT2D eigenvalue weighted by atomic mass is 9.97. The van der Waals surface area contributed by atoms with Crippen molar-refractivity contribution in [2.24, 2.45) is 23.2 Å². The lowest BCUT2D eigenvalue weighted by Crippen LogP contribution is -2.41. The first-order valence-corrected chi connectivity index (χ1v) is 13.8. The van der Waals surface area contributed by atoms with E-state index in [1.165, 1.54) is 4.90 Å². The highest BCUT2D eigenvalue weighted by atomic mass is 35.5. The Bertz CT molecular complexity index is 1380. The van der Waals surface area contributed by atoms with Gasteiger partial charge in [-0.1, -0.05) is 32.4 Å². The molecule has 8 heteroatoms. The van der Waals surface area contributed by atoms with Crippen LogP contribution in [0.3, 0.4) is 0 Å². The fourth-order valence-corrected chi connectivity index (χ4v) is 7.40. The number of carbonyl (C=O) groups excluding carboxylic acids is 2. The van der Waals surface area contributed by atoms with E-state index in [0.29, 0.717) is 17.5 Å². The molecule has 2 amide bonds. The number of hydrogen-bond donors (Lipinski definition) is 1. The third kappa shape index (κ3) is 3.75. The normalized spacial score (nSPS) is 27.0. The molecule has 4 atom stereocenters. The number of hydrogen-bond acceptors (Lipinski definition) is 6. The highest BCUT2D eigenvalue weighted by Crippen LogP contribution is 2.63. The third-order valence-electron chi connectivity index (χ3n) is 8.17. The summed E-state index contributed by atoms with van der Waals surface area (Å²) in [5.74, 6) is 0.835. The molecule has 2 aliphatic heterocycles. The van der Waals surface area contributed by atoms with Gasteiger partial charge in [0.15, 0.2) is 0 Å². The van der Waals surface area contributed by atoms with E-state index in [-0.39, 0.29) is 35.2 Å². The molecular formula is C28H30ClN3O3S. The molecule has 1 N–H and O–H groups in total. The fourth-order valence-electron chi connectivity index (χ4n) is 6.00. The zero-order chi connectivity index (χ0) is 25.4. The second-order valence-electron chi connectivity index (χ2n) is 11.1. The number of ether oxygens (including phenoxy) is 1. The van der Waals surface area contributed by atoms with E-state index in [2.05, 4.69) is 17.2 Å². The molecule has 4 heterocycles. The molecule has 188 valence electrons. The number of fused-ring (bicyclic) bond motifs is 2. The maximum Gasteiger partial charge on any atom is 0.234 e. The molecule has 0 spiro atoms. The first-order chi connectivity index (χ1) is 17.2. The average molecular weight is 524 g/mol. The Morgan fingerprint density at radius 3 is 2.67 bits per heavy atom. The summed E-state index contributed by atoms with van der Waals surface area (Å²) in [5.41, 5.74) is 3.59. The first kappa shape index (κ1) is 23.9. The smallest absolute Gasteiger partial charge is 0.234 e. The lowest BCUT2D eigenvalue weighted by Gasteiger charge is -2.31. The number of benzene rings is 1. The van der Waals surface area contributed by atoms with Crippen molar-refractivity contribution < 1.29 is 14.3 Å². The van der Waals surface area contributed by atoms with Gasteiger partial charge in [-0.25, -0.2) is 0 Å². The van der Waals surface area contributed by atoms with Crippen molar-refractivity contribution in [2.75, 3.05) is 13.1 Å². The van der Waals surface area contributed by atoms with Crippen LogP contribution in [0, 0.1) is 30.1 Å². The number of carbonyl (C=O) groups is 2. The van der Waals surface area contributed by atoms with Crippen molar-refractivity contribution in [1.82, 2.24) is 15.2 Å². The molecular weight excluding hydrogens is 494 g/mol. The number of likely N-dealkylation sites (tertiary alicyclic amines) is 1. The number of aryl methyl sites for hydroxylation is 1. The van der Waals surface area contributed by atoms with Crippen LogP contribution in [0.5, 0.6) is 5.75 Å². The number of piperidine rings is 2. The predicted molar refractivity (Wildman–Crippen MR) is 142 cm³/mol. The van der Waals surface area contributed by atoms with Gasteiger partial charge in [-0.2, -0.15) is 0 Å². The van der Waals surface area contributed by atoms with Crippen LogP contribution >= 0.6 is 22.9 Å². The van der Waals surface area contributed by atoms with Crippen molar-refractivity contribution in [1.29, 1.82) is 0 Å². The largest absolute Gasteiger partial charge is 0.489 e. The second kappa shape index (κ2) is 8.54. The Balaban J connectivity index is 1.36. The van der Waals surface area contributed by atoms with Crippen LogP contribution in [0.4, 0.5) is 0 Å². The van der Waals surface area contributed by atoms with E-state index in [9.17, 15) is 9.59 Å². The van der Waals surface area contributed by atoms with E-state index in [4.69, 9.17) is 16.3 Å². The van der Waals surface area contributed by atoms with Crippen LogP contribution in [-0.4, -0.2) is 40.9 Å². The van der Waals surface area contributed by atoms with E-state index in [1.54, 1.807) is 17.5 Å². The van der Waals surface area contributed by atoms with E-state index in [0.717, 1.165) is 57.0 Å². The molecule has 0 bridgehead atoms. The van der Waals surface area contributed by atoms with E-state index >= 15 is 0 Å². The van der Waals surface area contributed by atoms with Crippen molar-refractivity contribution >= 4 is 45.0 Å². The molecule has 3 fully saturated rings. The molecule has 1 aliphatic carbocycles. The summed E-state index contributed by atoms with van der Waals surface area (Å²) in [4.78, 5) is 32.7. The van der Waals surface area contributed by atoms with E-state index in [1.807, 2.05) is 45.0 Å². The van der Waals surface area contributed by atoms with Crippen LogP contribution in [0.1, 0.15) is 37.6 Å². The number of rotatable bonds is 5. The zero-order valence-corrected chi connectivity index (χ0v) is 22.5. The number of aromatic nitrogens is 1. The predicted octanol–water partition coefficient (Wildman–Crippen LogP) is 5.44. The van der Waals surface area contributed by atoms with Gasteiger partial charge in [0.2, 0.25) is 11.8 Å². The van der Waals surface area contributed by atoms with Gasteiger partial charge in [-0.3, -0.25) is 19.5 Å². The Morgan fingerprint density at radius 1 is 1.19 bits per heavy atom. The number of thiophene rings is 1. The third-order valence-corrected chi connectivity index (χ3v) is 9.53. The first-order valence-electron chi connectivity index (χ1n) is 12.6. The Labute approximate surface area is 220 Å². The second-order valence-corrected chi connectivity index (χ2v) is 12.6. The molecule has 1 saturated carbocycles. The molecule has 0 radical (unpaired) electrons. The van der Waals surface area contributed by atoms with Crippen molar-refractivity contribution in [2.45, 2.75) is 46.8 Å². The summed E-state index contributed by atoms with van der Waals surface area (Å²) in [6.07, 6.45) is 2.88. The van der Waals surface area contributed by atoms with Gasteiger partial charge >= 0.3 is 0 Å². The quantitative estimate of drug-likeness (QED) is 0.451. The number of halogens is 1. The molecule has 36 heavy (non-hydrogen) atoms. The SMILES string of the molecule is Cc1cc(Cl)cc(-c2ccnc3cc(CN4C(=O)C5C(C4=O)C5(C)C)sc23)c1O[C@@H]1CCNC[C@@H]1C.